The van der Waals surface area contributed by atoms with Gasteiger partial charge in [-0.15, -0.1) is 0 Å². The van der Waals surface area contributed by atoms with Gasteiger partial charge in [-0.05, 0) is 30.0 Å². The minimum absolute atomic E-state index is 0.00566. The van der Waals surface area contributed by atoms with Crippen molar-refractivity contribution in [2.45, 2.75) is 40.0 Å². The highest BCUT2D eigenvalue weighted by Gasteiger charge is 2.20. The third kappa shape index (κ3) is 6.36. The molecule has 4 nitrogen and oxygen atoms in total. The lowest BCUT2D eigenvalue weighted by atomic mass is 9.96. The normalized spacial score (nSPS) is 11.0. The standard InChI is InChI=1S/C22H28N2O2/c1-22(2,3)21(26)23-15-9-14-20(25)24-19-13-8-7-12-18(19)16-17-10-5-4-6-11-17/h4-8,10-13H,9,14-16H2,1-3H3,(H,23,26)(H,24,25). The zero-order chi connectivity index (χ0) is 19.0. The number of hydrogen-bond acceptors (Lipinski definition) is 2. The van der Waals surface area contributed by atoms with Gasteiger partial charge in [0.2, 0.25) is 11.8 Å². The molecule has 0 atom stereocenters. The van der Waals surface area contributed by atoms with Gasteiger partial charge in [-0.1, -0.05) is 69.3 Å². The summed E-state index contributed by atoms with van der Waals surface area (Å²) in [4.78, 5) is 24.0. The summed E-state index contributed by atoms with van der Waals surface area (Å²) >= 11 is 0. The van der Waals surface area contributed by atoms with Crippen LogP contribution in [0.5, 0.6) is 0 Å². The molecule has 0 aromatic heterocycles. The van der Waals surface area contributed by atoms with Gasteiger partial charge < -0.3 is 10.6 Å². The summed E-state index contributed by atoms with van der Waals surface area (Å²) in [5, 5.41) is 5.86. The number of amides is 2. The summed E-state index contributed by atoms with van der Waals surface area (Å²) in [5.41, 5.74) is 2.74. The van der Waals surface area contributed by atoms with Crippen molar-refractivity contribution < 1.29 is 9.59 Å². The molecule has 0 radical (unpaired) electrons. The van der Waals surface area contributed by atoms with Gasteiger partial charge in [0.15, 0.2) is 0 Å². The predicted molar refractivity (Wildman–Crippen MR) is 106 cm³/mol. The van der Waals surface area contributed by atoms with Gasteiger partial charge in [-0.25, -0.2) is 0 Å². The molecular weight excluding hydrogens is 324 g/mol. The van der Waals surface area contributed by atoms with Crippen molar-refractivity contribution in [3.05, 3.63) is 65.7 Å². The Labute approximate surface area is 156 Å². The minimum Gasteiger partial charge on any atom is -0.356 e. The van der Waals surface area contributed by atoms with E-state index in [-0.39, 0.29) is 11.8 Å². The molecule has 138 valence electrons. The van der Waals surface area contributed by atoms with E-state index in [4.69, 9.17) is 0 Å². The van der Waals surface area contributed by atoms with Crippen LogP contribution in [-0.2, 0) is 16.0 Å². The Morgan fingerprint density at radius 2 is 1.58 bits per heavy atom. The van der Waals surface area contributed by atoms with Crippen LogP contribution < -0.4 is 10.6 Å². The highest BCUT2D eigenvalue weighted by Crippen LogP contribution is 2.19. The van der Waals surface area contributed by atoms with Crippen LogP contribution in [-0.4, -0.2) is 18.4 Å². The van der Waals surface area contributed by atoms with Crippen LogP contribution in [0.25, 0.3) is 0 Å². The van der Waals surface area contributed by atoms with Gasteiger partial charge in [0.25, 0.3) is 0 Å². The number of hydrogen-bond donors (Lipinski definition) is 2. The second-order valence-corrected chi connectivity index (χ2v) is 7.48. The summed E-state index contributed by atoms with van der Waals surface area (Å²) < 4.78 is 0. The van der Waals surface area contributed by atoms with Gasteiger partial charge in [0.05, 0.1) is 0 Å². The summed E-state index contributed by atoms with van der Waals surface area (Å²) in [7, 11) is 0. The zero-order valence-electron chi connectivity index (χ0n) is 15.8. The van der Waals surface area contributed by atoms with E-state index in [1.165, 1.54) is 5.56 Å². The largest absolute Gasteiger partial charge is 0.356 e. The molecule has 0 spiro atoms. The molecule has 2 amide bonds. The Balaban J connectivity index is 1.85. The molecule has 2 rings (SSSR count). The van der Waals surface area contributed by atoms with Crippen LogP contribution >= 0.6 is 0 Å². The van der Waals surface area contributed by atoms with Crippen LogP contribution in [0.1, 0.15) is 44.7 Å². The maximum Gasteiger partial charge on any atom is 0.225 e. The van der Waals surface area contributed by atoms with E-state index in [2.05, 4.69) is 22.8 Å². The molecular formula is C22H28N2O2. The first-order valence-corrected chi connectivity index (χ1v) is 9.06. The van der Waals surface area contributed by atoms with Crippen LogP contribution in [0.2, 0.25) is 0 Å². The highest BCUT2D eigenvalue weighted by atomic mass is 16.2. The van der Waals surface area contributed by atoms with Crippen molar-refractivity contribution in [3.8, 4) is 0 Å². The molecule has 2 aromatic carbocycles. The second-order valence-electron chi connectivity index (χ2n) is 7.48. The van der Waals surface area contributed by atoms with Gasteiger partial charge in [0, 0.05) is 24.1 Å². The number of anilines is 1. The first-order valence-electron chi connectivity index (χ1n) is 9.06. The highest BCUT2D eigenvalue weighted by molar-refractivity contribution is 5.91. The molecule has 0 saturated carbocycles. The predicted octanol–water partition coefficient (Wildman–Crippen LogP) is 4.16. The zero-order valence-corrected chi connectivity index (χ0v) is 15.8. The van der Waals surface area contributed by atoms with E-state index in [1.54, 1.807) is 0 Å². The first kappa shape index (κ1) is 19.7. The molecule has 0 aliphatic rings. The Bertz CT molecular complexity index is 733. The van der Waals surface area contributed by atoms with Crippen molar-refractivity contribution >= 4 is 17.5 Å². The van der Waals surface area contributed by atoms with Crippen molar-refractivity contribution in [2.75, 3.05) is 11.9 Å². The van der Waals surface area contributed by atoms with Gasteiger partial charge >= 0.3 is 0 Å². The molecule has 26 heavy (non-hydrogen) atoms. The van der Waals surface area contributed by atoms with E-state index in [1.807, 2.05) is 63.2 Å². The quantitative estimate of drug-likeness (QED) is 0.735. The summed E-state index contributed by atoms with van der Waals surface area (Å²) in [6.45, 7) is 6.13. The number of nitrogens with one attached hydrogen (secondary N) is 2. The fraction of sp³-hybridized carbons (Fsp3) is 0.364. The van der Waals surface area contributed by atoms with Crippen LogP contribution in [0.4, 0.5) is 5.69 Å². The molecule has 0 aliphatic heterocycles. The van der Waals surface area contributed by atoms with Gasteiger partial charge in [-0.2, -0.15) is 0 Å². The molecule has 0 bridgehead atoms. The first-order chi connectivity index (χ1) is 12.4. The van der Waals surface area contributed by atoms with Crippen molar-refractivity contribution in [2.24, 2.45) is 5.41 Å². The lowest BCUT2D eigenvalue weighted by Gasteiger charge is -2.17. The Morgan fingerprint density at radius 3 is 2.27 bits per heavy atom. The van der Waals surface area contributed by atoms with Crippen molar-refractivity contribution in [3.63, 3.8) is 0 Å². The second kappa shape index (κ2) is 9.18. The molecule has 2 N–H and O–H groups in total. The van der Waals surface area contributed by atoms with Crippen LogP contribution in [0, 0.1) is 5.41 Å². The fourth-order valence-electron chi connectivity index (χ4n) is 2.54. The SMILES string of the molecule is CC(C)(C)C(=O)NCCCC(=O)Nc1ccccc1Cc1ccccc1. The molecule has 0 aliphatic carbocycles. The molecule has 0 fully saturated rings. The monoisotopic (exact) mass is 352 g/mol. The number of benzene rings is 2. The molecule has 0 unspecified atom stereocenters. The molecule has 0 heterocycles. The third-order valence-electron chi connectivity index (χ3n) is 4.08. The van der Waals surface area contributed by atoms with Crippen molar-refractivity contribution in [1.29, 1.82) is 0 Å². The Hall–Kier alpha value is -2.62. The average Bonchev–Trinajstić information content (AvgIpc) is 2.60. The summed E-state index contributed by atoms with van der Waals surface area (Å²) in [6, 6.07) is 18.1. The van der Waals surface area contributed by atoms with Crippen LogP contribution in [0.3, 0.4) is 0 Å². The lowest BCUT2D eigenvalue weighted by molar-refractivity contribution is -0.128. The van der Waals surface area contributed by atoms with Gasteiger partial charge in [-0.3, -0.25) is 9.59 Å². The Kier molecular flexibility index (Phi) is 6.96. The fourth-order valence-corrected chi connectivity index (χ4v) is 2.54. The van der Waals surface area contributed by atoms with Crippen molar-refractivity contribution in [1.82, 2.24) is 5.32 Å². The average molecular weight is 352 g/mol. The number of rotatable bonds is 7. The topological polar surface area (TPSA) is 58.2 Å². The molecule has 0 saturated heterocycles. The number of para-hydroxylation sites is 1. The molecule has 2 aromatic rings. The maximum atomic E-state index is 12.2. The van der Waals surface area contributed by atoms with E-state index in [9.17, 15) is 9.59 Å². The van der Waals surface area contributed by atoms with E-state index < -0.39 is 5.41 Å². The summed E-state index contributed by atoms with van der Waals surface area (Å²) in [6.07, 6.45) is 1.78. The lowest BCUT2D eigenvalue weighted by Crippen LogP contribution is -2.35. The third-order valence-corrected chi connectivity index (χ3v) is 4.08. The smallest absolute Gasteiger partial charge is 0.225 e. The molecule has 4 heteroatoms. The Morgan fingerprint density at radius 1 is 0.923 bits per heavy atom. The summed E-state index contributed by atoms with van der Waals surface area (Å²) in [5.74, 6) is -0.0263. The van der Waals surface area contributed by atoms with Crippen LogP contribution in [0.15, 0.2) is 54.6 Å². The van der Waals surface area contributed by atoms with E-state index in [0.29, 0.717) is 19.4 Å². The number of carbonyl (C=O) groups excluding carboxylic acids is 2. The van der Waals surface area contributed by atoms with Gasteiger partial charge in [0.1, 0.15) is 0 Å². The minimum atomic E-state index is -0.404. The number of carbonyl (C=O) groups is 2. The van der Waals surface area contributed by atoms with E-state index >= 15 is 0 Å². The maximum absolute atomic E-state index is 12.2. The van der Waals surface area contributed by atoms with E-state index in [0.717, 1.165) is 17.7 Å².